The number of carbonyl (C=O) groups is 1. The minimum Gasteiger partial charge on any atom is -0.388 e. The van der Waals surface area contributed by atoms with Gasteiger partial charge >= 0.3 is 0 Å². The maximum atomic E-state index is 11.4. The number of aliphatic hydroxyl groups excluding tert-OH is 2. The van der Waals surface area contributed by atoms with Crippen LogP contribution in [-0.2, 0) is 9.53 Å². The molecule has 2 aromatic rings. The lowest BCUT2D eigenvalue weighted by atomic mass is 10.0. The lowest BCUT2D eigenvalue weighted by Gasteiger charge is -2.16. The molecule has 4 atom stereocenters. The van der Waals surface area contributed by atoms with Gasteiger partial charge in [0.25, 0.3) is 0 Å². The summed E-state index contributed by atoms with van der Waals surface area (Å²) >= 11 is 0. The number of nitrogens with two attached hydrogens (primary N) is 1. The van der Waals surface area contributed by atoms with Crippen LogP contribution < -0.4 is 5.73 Å². The molecular weight excluding hydrogens is 302 g/mol. The number of Topliss-reactive ketones (excluding diaryl/α,β-unsaturated/α-hetero) is 1. The SMILES string of the molecule is CCC(=O)CC[C@H]1O[C@@H](n2cnc3c(N)ncnc32)[C@@H](O)C1O. The largest absolute Gasteiger partial charge is 0.388 e. The highest BCUT2D eigenvalue weighted by molar-refractivity contribution is 5.81. The van der Waals surface area contributed by atoms with Gasteiger partial charge < -0.3 is 20.7 Å². The summed E-state index contributed by atoms with van der Waals surface area (Å²) < 4.78 is 7.26. The number of fused-ring (bicyclic) bond motifs is 1. The molecular formula is C14H19N5O4. The number of rotatable bonds is 5. The van der Waals surface area contributed by atoms with E-state index in [0.29, 0.717) is 30.4 Å². The molecule has 2 aromatic heterocycles. The number of ketones is 1. The van der Waals surface area contributed by atoms with Crippen molar-refractivity contribution in [2.75, 3.05) is 5.73 Å². The van der Waals surface area contributed by atoms with Crippen LogP contribution in [0.1, 0.15) is 32.4 Å². The van der Waals surface area contributed by atoms with Crippen molar-refractivity contribution in [3.8, 4) is 0 Å². The van der Waals surface area contributed by atoms with Gasteiger partial charge in [-0.3, -0.25) is 9.36 Å². The van der Waals surface area contributed by atoms with E-state index >= 15 is 0 Å². The molecule has 0 amide bonds. The van der Waals surface area contributed by atoms with Crippen molar-refractivity contribution < 1.29 is 19.7 Å². The summed E-state index contributed by atoms with van der Waals surface area (Å²) in [5, 5.41) is 20.4. The van der Waals surface area contributed by atoms with Crippen LogP contribution in [0.4, 0.5) is 5.82 Å². The first kappa shape index (κ1) is 15.8. The Hall–Kier alpha value is -2.10. The van der Waals surface area contributed by atoms with E-state index in [1.165, 1.54) is 17.2 Å². The minimum absolute atomic E-state index is 0.0901. The molecule has 1 saturated heterocycles. The third-order valence-electron chi connectivity index (χ3n) is 4.10. The van der Waals surface area contributed by atoms with E-state index in [9.17, 15) is 15.0 Å². The molecule has 124 valence electrons. The number of aliphatic hydroxyl groups is 2. The molecule has 1 aliphatic heterocycles. The molecule has 9 nitrogen and oxygen atoms in total. The number of ether oxygens (including phenoxy) is 1. The van der Waals surface area contributed by atoms with Gasteiger partial charge in [-0.1, -0.05) is 6.92 Å². The quantitative estimate of drug-likeness (QED) is 0.688. The Morgan fingerprint density at radius 3 is 2.87 bits per heavy atom. The van der Waals surface area contributed by atoms with Crippen LogP contribution in [0.5, 0.6) is 0 Å². The van der Waals surface area contributed by atoms with E-state index < -0.39 is 24.5 Å². The highest BCUT2D eigenvalue weighted by atomic mass is 16.6. The van der Waals surface area contributed by atoms with E-state index in [0.717, 1.165) is 0 Å². The zero-order valence-electron chi connectivity index (χ0n) is 12.7. The minimum atomic E-state index is -1.15. The van der Waals surface area contributed by atoms with Gasteiger partial charge in [0.1, 0.15) is 29.8 Å². The molecule has 1 fully saturated rings. The van der Waals surface area contributed by atoms with Crippen molar-refractivity contribution in [3.63, 3.8) is 0 Å². The topological polar surface area (TPSA) is 136 Å². The van der Waals surface area contributed by atoms with E-state index in [1.807, 2.05) is 0 Å². The molecule has 0 spiro atoms. The first-order valence-corrected chi connectivity index (χ1v) is 7.49. The number of hydrogen-bond donors (Lipinski definition) is 3. The molecule has 9 heteroatoms. The second-order valence-corrected chi connectivity index (χ2v) is 5.56. The fourth-order valence-corrected chi connectivity index (χ4v) is 2.73. The Kier molecular flexibility index (Phi) is 4.24. The average molecular weight is 321 g/mol. The summed E-state index contributed by atoms with van der Waals surface area (Å²) in [6.07, 6.45) is 0.139. The number of nitrogen functional groups attached to an aromatic ring is 1. The number of hydrogen-bond acceptors (Lipinski definition) is 8. The zero-order valence-corrected chi connectivity index (χ0v) is 12.7. The van der Waals surface area contributed by atoms with Crippen LogP contribution in [0.2, 0.25) is 0 Å². The number of carbonyl (C=O) groups excluding carboxylic acids is 1. The van der Waals surface area contributed by atoms with E-state index in [1.54, 1.807) is 6.92 Å². The van der Waals surface area contributed by atoms with Crippen LogP contribution in [0.3, 0.4) is 0 Å². The summed E-state index contributed by atoms with van der Waals surface area (Å²) in [5.41, 5.74) is 6.56. The van der Waals surface area contributed by atoms with Crippen molar-refractivity contribution in [2.24, 2.45) is 0 Å². The van der Waals surface area contributed by atoms with Gasteiger partial charge in [-0.15, -0.1) is 0 Å². The monoisotopic (exact) mass is 321 g/mol. The summed E-state index contributed by atoms with van der Waals surface area (Å²) in [5.74, 6) is 0.319. The second-order valence-electron chi connectivity index (χ2n) is 5.56. The fourth-order valence-electron chi connectivity index (χ4n) is 2.73. The first-order chi connectivity index (χ1) is 11.0. The fraction of sp³-hybridized carbons (Fsp3) is 0.571. The molecule has 0 saturated carbocycles. The number of imidazole rings is 1. The molecule has 0 aliphatic carbocycles. The molecule has 0 aromatic carbocycles. The van der Waals surface area contributed by atoms with Gasteiger partial charge in [0.05, 0.1) is 12.4 Å². The summed E-state index contributed by atoms with van der Waals surface area (Å²) in [6.45, 7) is 1.79. The van der Waals surface area contributed by atoms with Gasteiger partial charge in [-0.05, 0) is 6.42 Å². The standard InChI is InChI=1S/C14H19N5O4/c1-2-7(20)3-4-8-10(21)11(22)14(23-8)19-6-18-9-12(15)16-5-17-13(9)19/h5-6,8,10-11,14,21-22H,2-4H2,1H3,(H2,15,16,17)/t8-,10?,11+,14-/m1/s1. The Labute approximate surface area is 132 Å². The zero-order chi connectivity index (χ0) is 16.6. The molecule has 0 bridgehead atoms. The van der Waals surface area contributed by atoms with Gasteiger partial charge in [0, 0.05) is 12.8 Å². The van der Waals surface area contributed by atoms with Crippen molar-refractivity contribution in [1.82, 2.24) is 19.5 Å². The van der Waals surface area contributed by atoms with Crippen LogP contribution >= 0.6 is 0 Å². The van der Waals surface area contributed by atoms with Gasteiger partial charge in [-0.25, -0.2) is 15.0 Å². The van der Waals surface area contributed by atoms with Crippen molar-refractivity contribution >= 4 is 22.8 Å². The third kappa shape index (κ3) is 2.78. The lowest BCUT2D eigenvalue weighted by molar-refractivity contribution is -0.120. The highest BCUT2D eigenvalue weighted by Crippen LogP contribution is 2.33. The summed E-state index contributed by atoms with van der Waals surface area (Å²) in [7, 11) is 0. The Balaban J connectivity index is 1.82. The Bertz CT molecular complexity index is 718. The summed E-state index contributed by atoms with van der Waals surface area (Å²) in [4.78, 5) is 23.5. The first-order valence-electron chi connectivity index (χ1n) is 7.49. The Morgan fingerprint density at radius 1 is 1.35 bits per heavy atom. The van der Waals surface area contributed by atoms with Gasteiger partial charge in [0.15, 0.2) is 17.7 Å². The third-order valence-corrected chi connectivity index (χ3v) is 4.10. The highest BCUT2D eigenvalue weighted by Gasteiger charge is 2.44. The maximum absolute atomic E-state index is 11.4. The second kappa shape index (κ2) is 6.19. The molecule has 4 N–H and O–H groups in total. The molecule has 0 radical (unpaired) electrons. The number of anilines is 1. The average Bonchev–Trinajstić information content (AvgIpc) is 3.09. The predicted molar refractivity (Wildman–Crippen MR) is 80.2 cm³/mol. The normalized spacial score (nSPS) is 27.6. The molecule has 23 heavy (non-hydrogen) atoms. The number of aromatic nitrogens is 4. The van der Waals surface area contributed by atoms with Crippen molar-refractivity contribution in [2.45, 2.75) is 50.7 Å². The lowest BCUT2D eigenvalue weighted by Crippen LogP contribution is -2.31. The molecule has 1 unspecified atom stereocenters. The van der Waals surface area contributed by atoms with Crippen LogP contribution in [0.25, 0.3) is 11.2 Å². The van der Waals surface area contributed by atoms with Crippen LogP contribution in [-0.4, -0.2) is 53.8 Å². The van der Waals surface area contributed by atoms with E-state index in [2.05, 4.69) is 15.0 Å². The van der Waals surface area contributed by atoms with Crippen molar-refractivity contribution in [3.05, 3.63) is 12.7 Å². The van der Waals surface area contributed by atoms with Crippen LogP contribution in [0, 0.1) is 0 Å². The maximum Gasteiger partial charge on any atom is 0.167 e. The Morgan fingerprint density at radius 2 is 2.13 bits per heavy atom. The smallest absolute Gasteiger partial charge is 0.167 e. The summed E-state index contributed by atoms with van der Waals surface area (Å²) in [6, 6.07) is 0. The molecule has 3 heterocycles. The van der Waals surface area contributed by atoms with Crippen molar-refractivity contribution in [1.29, 1.82) is 0 Å². The van der Waals surface area contributed by atoms with Gasteiger partial charge in [-0.2, -0.15) is 0 Å². The van der Waals surface area contributed by atoms with Gasteiger partial charge in [0.2, 0.25) is 0 Å². The molecule has 1 aliphatic rings. The number of nitrogens with zero attached hydrogens (tertiary/aromatic N) is 4. The predicted octanol–water partition coefficient (Wildman–Crippen LogP) is -0.213. The molecule has 3 rings (SSSR count). The van der Waals surface area contributed by atoms with E-state index in [-0.39, 0.29) is 11.6 Å². The van der Waals surface area contributed by atoms with E-state index in [4.69, 9.17) is 10.5 Å². The van der Waals surface area contributed by atoms with Crippen LogP contribution in [0.15, 0.2) is 12.7 Å².